The monoisotopic (exact) mass is 352 g/mol. The summed E-state index contributed by atoms with van der Waals surface area (Å²) in [6.45, 7) is 3.81. The maximum absolute atomic E-state index is 13.4. The Morgan fingerprint density at radius 1 is 1.20 bits per heavy atom. The third kappa shape index (κ3) is 2.53. The number of aryl methyl sites for hydroxylation is 1. The SMILES string of the molecule is Cc1onc(-c2ccccc2Cl)c1C(=O)N1c2ccccc2CC1C. The fraction of sp³-hybridized carbons (Fsp3) is 0.200. The number of hydrogen-bond acceptors (Lipinski definition) is 3. The van der Waals surface area contributed by atoms with E-state index in [1.54, 1.807) is 13.0 Å². The summed E-state index contributed by atoms with van der Waals surface area (Å²) in [6, 6.07) is 15.4. The second-order valence-corrected chi connectivity index (χ2v) is 6.71. The number of aromatic nitrogens is 1. The number of rotatable bonds is 2. The molecule has 2 aromatic carbocycles. The van der Waals surface area contributed by atoms with Gasteiger partial charge in [0.05, 0.1) is 5.02 Å². The topological polar surface area (TPSA) is 46.3 Å². The molecule has 1 atom stereocenters. The van der Waals surface area contributed by atoms with Crippen LogP contribution in [0.5, 0.6) is 0 Å². The maximum Gasteiger partial charge on any atom is 0.264 e. The molecular weight excluding hydrogens is 336 g/mol. The summed E-state index contributed by atoms with van der Waals surface area (Å²) in [5.41, 5.74) is 3.79. The molecule has 0 saturated carbocycles. The van der Waals surface area contributed by atoms with Crippen molar-refractivity contribution in [1.82, 2.24) is 5.16 Å². The average Bonchev–Trinajstić information content (AvgIpc) is 3.14. The van der Waals surface area contributed by atoms with Gasteiger partial charge in [-0.3, -0.25) is 4.79 Å². The molecule has 0 bridgehead atoms. The van der Waals surface area contributed by atoms with Gasteiger partial charge in [0.15, 0.2) is 0 Å². The Balaban J connectivity index is 1.83. The Hall–Kier alpha value is -2.59. The van der Waals surface area contributed by atoms with E-state index < -0.39 is 0 Å². The van der Waals surface area contributed by atoms with Gasteiger partial charge in [-0.15, -0.1) is 0 Å². The molecule has 0 saturated heterocycles. The van der Waals surface area contributed by atoms with Crippen molar-refractivity contribution in [2.24, 2.45) is 0 Å². The molecule has 25 heavy (non-hydrogen) atoms. The van der Waals surface area contributed by atoms with Crippen molar-refractivity contribution < 1.29 is 9.32 Å². The molecule has 1 amide bonds. The van der Waals surface area contributed by atoms with E-state index in [4.69, 9.17) is 16.1 Å². The van der Waals surface area contributed by atoms with E-state index >= 15 is 0 Å². The largest absolute Gasteiger partial charge is 0.360 e. The van der Waals surface area contributed by atoms with Crippen molar-refractivity contribution in [1.29, 1.82) is 0 Å². The number of carbonyl (C=O) groups is 1. The zero-order chi connectivity index (χ0) is 17.6. The summed E-state index contributed by atoms with van der Waals surface area (Å²) in [4.78, 5) is 15.2. The lowest BCUT2D eigenvalue weighted by Gasteiger charge is -2.22. The van der Waals surface area contributed by atoms with E-state index in [9.17, 15) is 4.79 Å². The highest BCUT2D eigenvalue weighted by Gasteiger charge is 2.35. The third-order valence-corrected chi connectivity index (χ3v) is 4.96. The van der Waals surface area contributed by atoms with Gasteiger partial charge in [-0.25, -0.2) is 0 Å². The molecule has 0 radical (unpaired) electrons. The Labute approximate surface area is 151 Å². The first-order valence-corrected chi connectivity index (χ1v) is 8.58. The van der Waals surface area contributed by atoms with Crippen molar-refractivity contribution in [3.05, 3.63) is 70.4 Å². The van der Waals surface area contributed by atoms with Crippen LogP contribution in [-0.2, 0) is 6.42 Å². The van der Waals surface area contributed by atoms with Gasteiger partial charge in [0.25, 0.3) is 5.91 Å². The Bertz CT molecular complexity index is 964. The second-order valence-electron chi connectivity index (χ2n) is 6.30. The van der Waals surface area contributed by atoms with Crippen LogP contribution in [0.2, 0.25) is 5.02 Å². The van der Waals surface area contributed by atoms with Gasteiger partial charge >= 0.3 is 0 Å². The van der Waals surface area contributed by atoms with Crippen LogP contribution in [0.3, 0.4) is 0 Å². The van der Waals surface area contributed by atoms with Crippen LogP contribution in [0.1, 0.15) is 28.6 Å². The molecule has 2 heterocycles. The van der Waals surface area contributed by atoms with Crippen LogP contribution in [0.25, 0.3) is 11.3 Å². The number of halogens is 1. The summed E-state index contributed by atoms with van der Waals surface area (Å²) in [6.07, 6.45) is 0.841. The maximum atomic E-state index is 13.4. The standard InChI is InChI=1S/C20H17ClN2O2/c1-12-11-14-7-3-6-10-17(14)23(12)20(24)18-13(2)25-22-19(18)15-8-4-5-9-16(15)21/h3-10,12H,11H2,1-2H3. The normalized spacial score (nSPS) is 16.1. The van der Waals surface area contributed by atoms with Crippen LogP contribution < -0.4 is 4.90 Å². The number of anilines is 1. The van der Waals surface area contributed by atoms with Gasteiger partial charge in [0.2, 0.25) is 0 Å². The predicted octanol–water partition coefficient (Wildman–Crippen LogP) is 4.89. The highest BCUT2D eigenvalue weighted by Crippen LogP contribution is 2.37. The minimum atomic E-state index is -0.105. The van der Waals surface area contributed by atoms with Gasteiger partial charge < -0.3 is 9.42 Å². The average molecular weight is 353 g/mol. The summed E-state index contributed by atoms with van der Waals surface area (Å²) in [5.74, 6) is 0.391. The smallest absolute Gasteiger partial charge is 0.264 e. The van der Waals surface area contributed by atoms with Crippen LogP contribution in [0, 0.1) is 6.92 Å². The van der Waals surface area contributed by atoms with Gasteiger partial charge in [0.1, 0.15) is 17.0 Å². The zero-order valence-electron chi connectivity index (χ0n) is 14.0. The molecule has 0 fully saturated rings. The highest BCUT2D eigenvalue weighted by atomic mass is 35.5. The summed E-state index contributed by atoms with van der Waals surface area (Å²) in [7, 11) is 0. The molecule has 0 spiro atoms. The highest BCUT2D eigenvalue weighted by molar-refractivity contribution is 6.33. The van der Waals surface area contributed by atoms with E-state index in [1.807, 2.05) is 41.3 Å². The molecular formula is C20H17ClN2O2. The zero-order valence-corrected chi connectivity index (χ0v) is 14.7. The predicted molar refractivity (Wildman–Crippen MR) is 98.1 cm³/mol. The number of amides is 1. The number of para-hydroxylation sites is 1. The summed E-state index contributed by atoms with van der Waals surface area (Å²) < 4.78 is 5.35. The lowest BCUT2D eigenvalue weighted by atomic mass is 10.0. The third-order valence-electron chi connectivity index (χ3n) is 4.63. The van der Waals surface area contributed by atoms with Crippen LogP contribution in [0.4, 0.5) is 5.69 Å². The van der Waals surface area contributed by atoms with Crippen LogP contribution in [0.15, 0.2) is 53.1 Å². The number of carbonyl (C=O) groups excluding carboxylic acids is 1. The molecule has 1 unspecified atom stereocenters. The minimum Gasteiger partial charge on any atom is -0.360 e. The van der Waals surface area contributed by atoms with Gasteiger partial charge in [-0.05, 0) is 38.0 Å². The fourth-order valence-corrected chi connectivity index (χ4v) is 3.68. The Morgan fingerprint density at radius 2 is 1.92 bits per heavy atom. The number of hydrogen-bond donors (Lipinski definition) is 0. The first-order valence-electron chi connectivity index (χ1n) is 8.20. The molecule has 4 rings (SSSR count). The minimum absolute atomic E-state index is 0.0818. The van der Waals surface area contributed by atoms with Crippen LogP contribution >= 0.6 is 11.6 Å². The van der Waals surface area contributed by atoms with Crippen molar-refractivity contribution in [3.63, 3.8) is 0 Å². The quantitative estimate of drug-likeness (QED) is 0.659. The fourth-order valence-electron chi connectivity index (χ4n) is 3.46. The summed E-state index contributed by atoms with van der Waals surface area (Å²) >= 11 is 6.31. The number of fused-ring (bicyclic) bond motifs is 1. The molecule has 4 nitrogen and oxygen atoms in total. The van der Waals surface area contributed by atoms with Crippen molar-refractivity contribution in [2.45, 2.75) is 26.3 Å². The molecule has 1 aliphatic heterocycles. The molecule has 126 valence electrons. The van der Waals surface area contributed by atoms with E-state index in [2.05, 4.69) is 18.1 Å². The van der Waals surface area contributed by atoms with E-state index in [0.717, 1.165) is 12.1 Å². The van der Waals surface area contributed by atoms with Gasteiger partial charge in [0, 0.05) is 17.3 Å². The molecule has 1 aromatic heterocycles. The number of nitrogens with zero attached hydrogens (tertiary/aromatic N) is 2. The Kier molecular flexibility index (Phi) is 3.85. The van der Waals surface area contributed by atoms with Gasteiger partial charge in [-0.2, -0.15) is 0 Å². The first-order chi connectivity index (χ1) is 12.1. The summed E-state index contributed by atoms with van der Waals surface area (Å²) in [5, 5.41) is 4.65. The van der Waals surface area contributed by atoms with E-state index in [1.165, 1.54) is 5.56 Å². The van der Waals surface area contributed by atoms with Gasteiger partial charge in [-0.1, -0.05) is 53.2 Å². The van der Waals surface area contributed by atoms with E-state index in [0.29, 0.717) is 27.6 Å². The van der Waals surface area contributed by atoms with Crippen molar-refractivity contribution in [2.75, 3.05) is 4.90 Å². The molecule has 0 aliphatic carbocycles. The van der Waals surface area contributed by atoms with Crippen molar-refractivity contribution >= 4 is 23.2 Å². The molecule has 3 aromatic rings. The first kappa shape index (κ1) is 15.9. The lowest BCUT2D eigenvalue weighted by molar-refractivity contribution is 0.0980. The van der Waals surface area contributed by atoms with Crippen LogP contribution in [-0.4, -0.2) is 17.1 Å². The molecule has 5 heteroatoms. The van der Waals surface area contributed by atoms with Crippen molar-refractivity contribution in [3.8, 4) is 11.3 Å². The Morgan fingerprint density at radius 3 is 2.72 bits per heavy atom. The molecule has 0 N–H and O–H groups in total. The lowest BCUT2D eigenvalue weighted by Crippen LogP contribution is -2.36. The second kappa shape index (κ2) is 6.05. The molecule has 1 aliphatic rings. The van der Waals surface area contributed by atoms with E-state index in [-0.39, 0.29) is 11.9 Å². The number of benzene rings is 2.